The number of nitriles is 1. The van der Waals surface area contributed by atoms with Crippen molar-refractivity contribution in [2.24, 2.45) is 0 Å². The first-order valence-corrected chi connectivity index (χ1v) is 5.76. The number of nitrogens with one attached hydrogen (secondary N) is 2. The van der Waals surface area contributed by atoms with Crippen LogP contribution in [0.2, 0.25) is 0 Å². The van der Waals surface area contributed by atoms with Crippen LogP contribution in [0, 0.1) is 11.3 Å². The standard InChI is InChI=1S/C13H17N3O2/c1-15-9-11-3-5-12(6-4-11)18-10-13(17)16-8-2-7-14/h3-6,15H,2,8-10H2,1H3,(H,16,17). The molecule has 0 aliphatic rings. The summed E-state index contributed by atoms with van der Waals surface area (Å²) in [5, 5.41) is 14.0. The topological polar surface area (TPSA) is 74.2 Å². The number of ether oxygens (including phenoxy) is 1. The zero-order chi connectivity index (χ0) is 13.2. The van der Waals surface area contributed by atoms with Crippen molar-refractivity contribution in [2.75, 3.05) is 20.2 Å². The second-order valence-corrected chi connectivity index (χ2v) is 3.72. The monoisotopic (exact) mass is 247 g/mol. The lowest BCUT2D eigenvalue weighted by Crippen LogP contribution is -2.29. The SMILES string of the molecule is CNCc1ccc(OCC(=O)NCCC#N)cc1. The molecule has 2 N–H and O–H groups in total. The highest BCUT2D eigenvalue weighted by atomic mass is 16.5. The van der Waals surface area contributed by atoms with Gasteiger partial charge in [0.25, 0.3) is 5.91 Å². The summed E-state index contributed by atoms with van der Waals surface area (Å²) >= 11 is 0. The van der Waals surface area contributed by atoms with E-state index in [0.717, 1.165) is 12.1 Å². The molecule has 18 heavy (non-hydrogen) atoms. The molecular weight excluding hydrogens is 230 g/mol. The molecular formula is C13H17N3O2. The molecule has 0 fully saturated rings. The van der Waals surface area contributed by atoms with E-state index in [0.29, 0.717) is 18.7 Å². The number of nitrogens with zero attached hydrogens (tertiary/aromatic N) is 1. The fraction of sp³-hybridized carbons (Fsp3) is 0.385. The molecule has 0 saturated carbocycles. The van der Waals surface area contributed by atoms with Gasteiger partial charge in [0, 0.05) is 13.1 Å². The molecule has 0 aliphatic carbocycles. The molecule has 0 spiro atoms. The highest BCUT2D eigenvalue weighted by Gasteiger charge is 2.01. The summed E-state index contributed by atoms with van der Waals surface area (Å²) in [7, 11) is 1.88. The summed E-state index contributed by atoms with van der Waals surface area (Å²) < 4.78 is 5.32. The van der Waals surface area contributed by atoms with Gasteiger partial charge in [0.15, 0.2) is 6.61 Å². The van der Waals surface area contributed by atoms with Crippen molar-refractivity contribution in [3.63, 3.8) is 0 Å². The normalized spacial score (nSPS) is 9.56. The highest BCUT2D eigenvalue weighted by Crippen LogP contribution is 2.11. The summed E-state index contributed by atoms with van der Waals surface area (Å²) in [6.07, 6.45) is 0.310. The van der Waals surface area contributed by atoms with Crippen LogP contribution in [0.15, 0.2) is 24.3 Å². The lowest BCUT2D eigenvalue weighted by molar-refractivity contribution is -0.123. The first-order chi connectivity index (χ1) is 8.76. The minimum Gasteiger partial charge on any atom is -0.484 e. The van der Waals surface area contributed by atoms with Gasteiger partial charge >= 0.3 is 0 Å². The molecule has 0 atom stereocenters. The Morgan fingerprint density at radius 2 is 2.11 bits per heavy atom. The largest absolute Gasteiger partial charge is 0.484 e. The Labute approximate surface area is 107 Å². The van der Waals surface area contributed by atoms with Gasteiger partial charge in [-0.2, -0.15) is 5.26 Å². The number of rotatable bonds is 7. The van der Waals surface area contributed by atoms with Gasteiger partial charge in [-0.05, 0) is 24.7 Å². The average molecular weight is 247 g/mol. The molecule has 0 bridgehead atoms. The van der Waals surface area contributed by atoms with E-state index in [1.54, 1.807) is 0 Å². The van der Waals surface area contributed by atoms with Crippen molar-refractivity contribution in [1.29, 1.82) is 5.26 Å². The van der Waals surface area contributed by atoms with E-state index in [2.05, 4.69) is 10.6 Å². The lowest BCUT2D eigenvalue weighted by Gasteiger charge is -2.07. The molecule has 0 saturated heterocycles. The van der Waals surface area contributed by atoms with Crippen molar-refractivity contribution >= 4 is 5.91 Å². The van der Waals surface area contributed by atoms with Gasteiger partial charge in [0.1, 0.15) is 5.75 Å². The number of hydrogen-bond donors (Lipinski definition) is 2. The molecule has 1 amide bonds. The number of benzene rings is 1. The predicted molar refractivity (Wildman–Crippen MR) is 67.9 cm³/mol. The summed E-state index contributed by atoms with van der Waals surface area (Å²) in [5.74, 6) is 0.440. The summed E-state index contributed by atoms with van der Waals surface area (Å²) in [6.45, 7) is 1.13. The molecule has 0 aliphatic heterocycles. The van der Waals surface area contributed by atoms with Crippen LogP contribution in [0.25, 0.3) is 0 Å². The van der Waals surface area contributed by atoms with E-state index in [1.165, 1.54) is 0 Å². The Hall–Kier alpha value is -2.06. The minimum atomic E-state index is -0.218. The van der Waals surface area contributed by atoms with Crippen molar-refractivity contribution < 1.29 is 9.53 Å². The minimum absolute atomic E-state index is 0.0309. The number of amides is 1. The lowest BCUT2D eigenvalue weighted by atomic mass is 10.2. The molecule has 0 radical (unpaired) electrons. The molecule has 0 heterocycles. The van der Waals surface area contributed by atoms with Crippen LogP contribution in [-0.2, 0) is 11.3 Å². The third-order valence-electron chi connectivity index (χ3n) is 2.23. The van der Waals surface area contributed by atoms with Gasteiger partial charge in [0.05, 0.1) is 12.5 Å². The van der Waals surface area contributed by atoms with Crippen molar-refractivity contribution in [3.8, 4) is 11.8 Å². The molecule has 5 heteroatoms. The third-order valence-corrected chi connectivity index (χ3v) is 2.23. The zero-order valence-electron chi connectivity index (χ0n) is 10.4. The predicted octanol–water partition coefficient (Wildman–Crippen LogP) is 0.815. The van der Waals surface area contributed by atoms with Crippen LogP contribution in [0.3, 0.4) is 0 Å². The van der Waals surface area contributed by atoms with Crippen LogP contribution in [-0.4, -0.2) is 26.1 Å². The summed E-state index contributed by atoms with van der Waals surface area (Å²) in [4.78, 5) is 11.3. The van der Waals surface area contributed by atoms with E-state index < -0.39 is 0 Å². The van der Waals surface area contributed by atoms with Crippen LogP contribution < -0.4 is 15.4 Å². The van der Waals surface area contributed by atoms with E-state index in [9.17, 15) is 4.79 Å². The smallest absolute Gasteiger partial charge is 0.257 e. The second-order valence-electron chi connectivity index (χ2n) is 3.72. The molecule has 5 nitrogen and oxygen atoms in total. The van der Waals surface area contributed by atoms with Crippen LogP contribution >= 0.6 is 0 Å². The summed E-state index contributed by atoms with van der Waals surface area (Å²) in [5.41, 5.74) is 1.16. The van der Waals surface area contributed by atoms with Crippen molar-refractivity contribution in [3.05, 3.63) is 29.8 Å². The molecule has 96 valence electrons. The van der Waals surface area contributed by atoms with E-state index in [-0.39, 0.29) is 12.5 Å². The Kier molecular flexibility index (Phi) is 6.30. The fourth-order valence-corrected chi connectivity index (χ4v) is 1.37. The first-order valence-electron chi connectivity index (χ1n) is 5.76. The number of hydrogen-bond acceptors (Lipinski definition) is 4. The highest BCUT2D eigenvalue weighted by molar-refractivity contribution is 5.77. The van der Waals surface area contributed by atoms with E-state index in [1.807, 2.05) is 37.4 Å². The maximum atomic E-state index is 11.3. The van der Waals surface area contributed by atoms with Crippen molar-refractivity contribution in [2.45, 2.75) is 13.0 Å². The second kappa shape index (κ2) is 8.09. The average Bonchev–Trinajstić information content (AvgIpc) is 2.39. The molecule has 1 rings (SSSR count). The summed E-state index contributed by atoms with van der Waals surface area (Å²) in [6, 6.07) is 9.50. The van der Waals surface area contributed by atoms with E-state index >= 15 is 0 Å². The maximum Gasteiger partial charge on any atom is 0.257 e. The maximum absolute atomic E-state index is 11.3. The van der Waals surface area contributed by atoms with Gasteiger partial charge in [-0.1, -0.05) is 12.1 Å². The number of carbonyl (C=O) groups is 1. The quantitative estimate of drug-likeness (QED) is 0.699. The Morgan fingerprint density at radius 1 is 1.39 bits per heavy atom. The van der Waals surface area contributed by atoms with Crippen LogP contribution in [0.5, 0.6) is 5.75 Å². The van der Waals surface area contributed by atoms with Gasteiger partial charge in [-0.3, -0.25) is 4.79 Å². The van der Waals surface area contributed by atoms with Gasteiger partial charge in [-0.25, -0.2) is 0 Å². The molecule has 0 unspecified atom stereocenters. The third kappa shape index (κ3) is 5.32. The van der Waals surface area contributed by atoms with Gasteiger partial charge in [0.2, 0.25) is 0 Å². The molecule has 0 aromatic heterocycles. The van der Waals surface area contributed by atoms with E-state index in [4.69, 9.17) is 10.00 Å². The number of carbonyl (C=O) groups excluding carboxylic acids is 1. The van der Waals surface area contributed by atoms with Gasteiger partial charge in [-0.15, -0.1) is 0 Å². The van der Waals surface area contributed by atoms with Crippen molar-refractivity contribution in [1.82, 2.24) is 10.6 Å². The Bertz CT molecular complexity index is 409. The van der Waals surface area contributed by atoms with Crippen LogP contribution in [0.4, 0.5) is 0 Å². The molecule has 1 aromatic rings. The Balaban J connectivity index is 2.30. The fourth-order valence-electron chi connectivity index (χ4n) is 1.37. The van der Waals surface area contributed by atoms with Crippen LogP contribution in [0.1, 0.15) is 12.0 Å². The Morgan fingerprint density at radius 3 is 2.72 bits per heavy atom. The zero-order valence-corrected chi connectivity index (χ0v) is 10.4. The van der Waals surface area contributed by atoms with Gasteiger partial charge < -0.3 is 15.4 Å². The first kappa shape index (κ1) is 14.0. The molecule has 1 aromatic carbocycles.